The summed E-state index contributed by atoms with van der Waals surface area (Å²) < 4.78 is 6.11. The molecule has 6 atom stereocenters. The number of carbonyl (C=O) groups is 5. The number of nitrogens with zero attached hydrogens (tertiary/aromatic N) is 1. The molecule has 5 amide bonds. The van der Waals surface area contributed by atoms with E-state index in [1.165, 1.54) is 25.2 Å². The van der Waals surface area contributed by atoms with E-state index in [0.717, 1.165) is 10.6 Å². The molecule has 13 nitrogen and oxygen atoms in total. The average molecular weight is 707 g/mol. The first-order valence-electron chi connectivity index (χ1n) is 16.6. The van der Waals surface area contributed by atoms with Crippen LogP contribution in [0, 0.1) is 12.8 Å². The molecule has 2 aliphatic heterocycles. The SMILES string of the molecule is Cc1nc(CC(=O)N[C@H]2Cc3ccc(cc3)OC[C@H](Cc3ccccc3)NC(=O)[C@@H](C(C)C)NC(=O)[C@H]([C@@H](C)O)NC(=O)[C@@H](C)NC2=O)cs1. The van der Waals surface area contributed by atoms with E-state index >= 15 is 0 Å². The third kappa shape index (κ3) is 11.1. The van der Waals surface area contributed by atoms with Crippen molar-refractivity contribution in [3.63, 3.8) is 0 Å². The smallest absolute Gasteiger partial charge is 0.245 e. The molecular weight excluding hydrogens is 660 g/mol. The Hall–Kier alpha value is -4.82. The summed E-state index contributed by atoms with van der Waals surface area (Å²) in [5.41, 5.74) is 2.27. The molecule has 0 aliphatic carbocycles. The van der Waals surface area contributed by atoms with Crippen molar-refractivity contribution in [2.75, 3.05) is 6.61 Å². The van der Waals surface area contributed by atoms with E-state index in [4.69, 9.17) is 4.74 Å². The number of ether oxygens (including phenoxy) is 1. The fourth-order valence-corrected chi connectivity index (χ4v) is 6.06. The summed E-state index contributed by atoms with van der Waals surface area (Å²) >= 11 is 1.42. The van der Waals surface area contributed by atoms with Gasteiger partial charge in [0.05, 0.1) is 29.3 Å². The molecule has 0 unspecified atom stereocenters. The third-order valence-corrected chi connectivity index (χ3v) is 9.03. The first-order valence-corrected chi connectivity index (χ1v) is 17.5. The number of nitrogens with one attached hydrogen (secondary N) is 5. The number of aromatic nitrogens is 1. The Kier molecular flexibility index (Phi) is 13.5. The lowest BCUT2D eigenvalue weighted by molar-refractivity contribution is -0.136. The molecule has 0 saturated heterocycles. The summed E-state index contributed by atoms with van der Waals surface area (Å²) in [6, 6.07) is 11.5. The Morgan fingerprint density at radius 2 is 1.58 bits per heavy atom. The molecule has 3 heterocycles. The maximum atomic E-state index is 13.6. The molecule has 0 fully saturated rings. The number of thiazole rings is 1. The summed E-state index contributed by atoms with van der Waals surface area (Å²) in [6.07, 6.45) is -0.812. The van der Waals surface area contributed by atoms with Crippen LogP contribution in [0.3, 0.4) is 0 Å². The number of carbonyl (C=O) groups excluding carboxylic acids is 5. The Bertz CT molecular complexity index is 1630. The van der Waals surface area contributed by atoms with E-state index in [1.807, 2.05) is 37.3 Å². The minimum Gasteiger partial charge on any atom is -0.491 e. The molecule has 50 heavy (non-hydrogen) atoms. The van der Waals surface area contributed by atoms with E-state index in [0.29, 0.717) is 23.4 Å². The molecule has 2 aromatic carbocycles. The zero-order valence-corrected chi connectivity index (χ0v) is 29.7. The lowest BCUT2D eigenvalue weighted by atomic mass is 10.0. The molecule has 3 aromatic rings. The summed E-state index contributed by atoms with van der Waals surface area (Å²) in [5.74, 6) is -2.82. The van der Waals surface area contributed by atoms with Crippen molar-refractivity contribution in [1.82, 2.24) is 31.6 Å². The fourth-order valence-electron chi connectivity index (χ4n) is 5.45. The molecule has 2 aliphatic rings. The third-order valence-electron chi connectivity index (χ3n) is 8.21. The molecule has 0 saturated carbocycles. The lowest BCUT2D eigenvalue weighted by Crippen LogP contribution is -2.61. The quantitative estimate of drug-likeness (QED) is 0.199. The molecule has 0 spiro atoms. The summed E-state index contributed by atoms with van der Waals surface area (Å²) in [4.78, 5) is 71.2. The second-order valence-corrected chi connectivity index (χ2v) is 14.0. The fraction of sp³-hybridized carbons (Fsp3) is 0.444. The summed E-state index contributed by atoms with van der Waals surface area (Å²) in [5, 5.41) is 26.7. The van der Waals surface area contributed by atoms with Crippen LogP contribution in [0.2, 0.25) is 0 Å². The number of benzene rings is 2. The topological polar surface area (TPSA) is 188 Å². The molecule has 0 radical (unpaired) electrons. The highest BCUT2D eigenvalue weighted by Gasteiger charge is 2.34. The second-order valence-electron chi connectivity index (χ2n) is 12.9. The van der Waals surface area contributed by atoms with Crippen LogP contribution in [-0.4, -0.2) is 82.5 Å². The van der Waals surface area contributed by atoms with Gasteiger partial charge in [-0.05, 0) is 56.4 Å². The van der Waals surface area contributed by atoms with Gasteiger partial charge < -0.3 is 36.4 Å². The normalized spacial score (nSPS) is 23.1. The molecular formula is C36H46N6O7S. The average Bonchev–Trinajstić information content (AvgIpc) is 3.48. The molecule has 5 rings (SSSR count). The number of amides is 5. The van der Waals surface area contributed by atoms with Crippen LogP contribution in [-0.2, 0) is 43.2 Å². The van der Waals surface area contributed by atoms with Crippen LogP contribution in [0.25, 0.3) is 0 Å². The predicted molar refractivity (Wildman–Crippen MR) is 188 cm³/mol. The van der Waals surface area contributed by atoms with E-state index < -0.39 is 65.8 Å². The van der Waals surface area contributed by atoms with Gasteiger partial charge in [0.25, 0.3) is 0 Å². The predicted octanol–water partition coefficient (Wildman–Crippen LogP) is 1.35. The Labute approximate surface area is 296 Å². The van der Waals surface area contributed by atoms with Crippen LogP contribution < -0.4 is 31.3 Å². The molecule has 1 aromatic heterocycles. The largest absolute Gasteiger partial charge is 0.491 e. The lowest BCUT2D eigenvalue weighted by Gasteiger charge is -2.29. The maximum Gasteiger partial charge on any atom is 0.245 e. The van der Waals surface area contributed by atoms with Crippen molar-refractivity contribution in [2.24, 2.45) is 5.92 Å². The van der Waals surface area contributed by atoms with Crippen molar-refractivity contribution >= 4 is 40.9 Å². The van der Waals surface area contributed by atoms with Gasteiger partial charge in [-0.1, -0.05) is 56.3 Å². The zero-order valence-electron chi connectivity index (χ0n) is 28.9. The Morgan fingerprint density at radius 3 is 2.20 bits per heavy atom. The van der Waals surface area contributed by atoms with Crippen molar-refractivity contribution in [2.45, 2.75) is 90.2 Å². The van der Waals surface area contributed by atoms with Crippen molar-refractivity contribution < 1.29 is 33.8 Å². The van der Waals surface area contributed by atoms with Crippen molar-refractivity contribution in [1.29, 1.82) is 0 Å². The van der Waals surface area contributed by atoms with E-state index in [1.54, 1.807) is 43.5 Å². The van der Waals surface area contributed by atoms with Crippen LogP contribution in [0.5, 0.6) is 5.75 Å². The van der Waals surface area contributed by atoms with Gasteiger partial charge in [-0.15, -0.1) is 11.3 Å². The number of rotatable bonds is 7. The number of aliphatic hydroxyl groups excluding tert-OH is 1. The summed E-state index contributed by atoms with van der Waals surface area (Å²) in [7, 11) is 0. The second kappa shape index (κ2) is 17.7. The highest BCUT2D eigenvalue weighted by atomic mass is 32.1. The van der Waals surface area contributed by atoms with Crippen LogP contribution in [0.15, 0.2) is 60.0 Å². The molecule has 268 valence electrons. The van der Waals surface area contributed by atoms with Gasteiger partial charge >= 0.3 is 0 Å². The Balaban J connectivity index is 1.63. The monoisotopic (exact) mass is 706 g/mol. The number of hydrogen-bond acceptors (Lipinski definition) is 9. The van der Waals surface area contributed by atoms with E-state index in [9.17, 15) is 29.1 Å². The standard InChI is InChI=1S/C36H46N6O7S/c1-20(2)31-35(47)39-26(15-24-9-7-6-8-10-24)18-49-28-13-11-25(12-14-28)16-29(40-30(44)17-27-19-50-23(5)38-27)34(46)37-21(3)33(45)42-32(22(4)43)36(48)41-31/h6-14,19-22,26,29,31-32,43H,15-18H2,1-5H3,(H,37,46)(H,39,47)(H,40,44)(H,41,48)(H,42,45)/t21-,22-,26+,29+,31-,32+/m1/s1. The van der Waals surface area contributed by atoms with Gasteiger partial charge in [-0.3, -0.25) is 24.0 Å². The van der Waals surface area contributed by atoms with Crippen LogP contribution >= 0.6 is 11.3 Å². The minimum atomic E-state index is -1.43. The molecule has 2 bridgehead atoms. The van der Waals surface area contributed by atoms with E-state index in [2.05, 4.69) is 31.6 Å². The zero-order chi connectivity index (χ0) is 36.4. The number of hydrogen-bond donors (Lipinski definition) is 6. The van der Waals surface area contributed by atoms with E-state index in [-0.39, 0.29) is 25.4 Å². The first kappa shape index (κ1) is 38.0. The number of aliphatic hydroxyl groups is 1. The van der Waals surface area contributed by atoms with Gasteiger partial charge in [-0.2, -0.15) is 0 Å². The van der Waals surface area contributed by atoms with Gasteiger partial charge in [0.15, 0.2) is 0 Å². The first-order chi connectivity index (χ1) is 23.8. The highest BCUT2D eigenvalue weighted by Crippen LogP contribution is 2.16. The summed E-state index contributed by atoms with van der Waals surface area (Å²) in [6.45, 7) is 8.25. The number of aryl methyl sites for hydroxylation is 1. The number of fused-ring (bicyclic) bond motifs is 17. The van der Waals surface area contributed by atoms with Gasteiger partial charge in [0.1, 0.15) is 36.5 Å². The maximum absolute atomic E-state index is 13.6. The van der Waals surface area contributed by atoms with Crippen LogP contribution in [0.4, 0.5) is 0 Å². The van der Waals surface area contributed by atoms with Gasteiger partial charge in [0.2, 0.25) is 29.5 Å². The minimum absolute atomic E-state index is 0.0276. The highest BCUT2D eigenvalue weighted by molar-refractivity contribution is 7.09. The Morgan fingerprint density at radius 1 is 0.920 bits per heavy atom. The van der Waals surface area contributed by atoms with Gasteiger partial charge in [-0.25, -0.2) is 4.98 Å². The van der Waals surface area contributed by atoms with Crippen molar-refractivity contribution in [3.8, 4) is 5.75 Å². The molecule has 6 N–H and O–H groups in total. The molecule has 14 heteroatoms. The van der Waals surface area contributed by atoms with Crippen molar-refractivity contribution in [3.05, 3.63) is 81.8 Å². The van der Waals surface area contributed by atoms with Crippen LogP contribution in [0.1, 0.15) is 49.5 Å². The van der Waals surface area contributed by atoms with Gasteiger partial charge in [0, 0.05) is 11.8 Å².